The van der Waals surface area contributed by atoms with Gasteiger partial charge in [0.15, 0.2) is 0 Å². The van der Waals surface area contributed by atoms with Crippen LogP contribution < -0.4 is 16.4 Å². The number of piperidine rings is 2. The smallest absolute Gasteiger partial charge is 0.0618 e. The minimum atomic E-state index is 0.368. The molecule has 0 aromatic carbocycles. The minimum Gasteiger partial charge on any atom is -0.381 e. The number of hydrogen-bond donors (Lipinski definition) is 3. The Bertz CT molecular complexity index is 299. The third-order valence-electron chi connectivity index (χ3n) is 5.55. The van der Waals surface area contributed by atoms with Crippen molar-refractivity contribution in [3.8, 4) is 0 Å². The molecule has 110 valence electrons. The fourth-order valence-electron chi connectivity index (χ4n) is 4.41. The molecule has 3 aliphatic rings. The van der Waals surface area contributed by atoms with Crippen LogP contribution in [0.2, 0.25) is 0 Å². The van der Waals surface area contributed by atoms with Crippen LogP contribution >= 0.6 is 0 Å². The van der Waals surface area contributed by atoms with Gasteiger partial charge in [-0.15, -0.1) is 0 Å². The Balaban J connectivity index is 1.62. The number of fused-ring (bicyclic) bond motifs is 1. The fourth-order valence-corrected chi connectivity index (χ4v) is 4.41. The number of rotatable bonds is 2. The zero-order valence-corrected chi connectivity index (χ0v) is 12.1. The molecule has 4 heteroatoms. The summed E-state index contributed by atoms with van der Waals surface area (Å²) in [7, 11) is 1.85. The summed E-state index contributed by atoms with van der Waals surface area (Å²) in [4.78, 5) is 0. The van der Waals surface area contributed by atoms with Crippen LogP contribution in [0.4, 0.5) is 0 Å². The van der Waals surface area contributed by atoms with Crippen LogP contribution in [0.3, 0.4) is 0 Å². The summed E-state index contributed by atoms with van der Waals surface area (Å²) >= 11 is 0. The van der Waals surface area contributed by atoms with Crippen LogP contribution in [-0.2, 0) is 4.74 Å². The van der Waals surface area contributed by atoms with E-state index in [1.54, 1.807) is 0 Å². The Kier molecular flexibility index (Phi) is 4.42. The van der Waals surface area contributed by atoms with Gasteiger partial charge in [-0.2, -0.15) is 0 Å². The van der Waals surface area contributed by atoms with E-state index in [0.29, 0.717) is 30.3 Å². The van der Waals surface area contributed by atoms with Gasteiger partial charge in [-0.3, -0.25) is 5.32 Å². The van der Waals surface area contributed by atoms with Crippen molar-refractivity contribution in [2.45, 2.75) is 69.3 Å². The molecule has 2 saturated heterocycles. The molecule has 1 saturated carbocycles. The summed E-state index contributed by atoms with van der Waals surface area (Å²) in [5, 5.41) is 7.48. The molecule has 19 heavy (non-hydrogen) atoms. The first kappa shape index (κ1) is 13.8. The van der Waals surface area contributed by atoms with Crippen LogP contribution in [0.1, 0.15) is 44.9 Å². The number of nitrogens with one attached hydrogen (secondary N) is 2. The Morgan fingerprint density at radius 1 is 1.11 bits per heavy atom. The van der Waals surface area contributed by atoms with Crippen molar-refractivity contribution in [1.29, 1.82) is 0 Å². The average molecular weight is 267 g/mol. The predicted octanol–water partition coefficient (Wildman–Crippen LogP) is 1.21. The molecular weight excluding hydrogens is 238 g/mol. The van der Waals surface area contributed by atoms with Crippen LogP contribution in [0.5, 0.6) is 0 Å². The molecule has 3 rings (SSSR count). The monoisotopic (exact) mass is 267 g/mol. The zero-order valence-electron chi connectivity index (χ0n) is 12.1. The van der Waals surface area contributed by atoms with Gasteiger partial charge in [-0.1, -0.05) is 6.42 Å². The standard InChI is InChI=1S/C15H29N3O/c1-19-11-5-2-4-10(8-11)14-9-13(16)12-6-3-7-17-15(12)18-14/h10-15,17-18H,2-9,16H2,1H3. The summed E-state index contributed by atoms with van der Waals surface area (Å²) in [6, 6.07) is 0.951. The summed E-state index contributed by atoms with van der Waals surface area (Å²) in [6.45, 7) is 1.14. The van der Waals surface area contributed by atoms with Gasteiger partial charge < -0.3 is 15.8 Å². The maximum Gasteiger partial charge on any atom is 0.0618 e. The molecule has 0 spiro atoms. The summed E-state index contributed by atoms with van der Waals surface area (Å²) in [6.07, 6.45) is 9.69. The maximum atomic E-state index is 6.44. The average Bonchev–Trinajstić information content (AvgIpc) is 2.47. The van der Waals surface area contributed by atoms with Gasteiger partial charge in [-0.05, 0) is 51.0 Å². The highest BCUT2D eigenvalue weighted by Gasteiger charge is 2.40. The fraction of sp³-hybridized carbons (Fsp3) is 1.00. The highest BCUT2D eigenvalue weighted by atomic mass is 16.5. The molecule has 0 aromatic heterocycles. The van der Waals surface area contributed by atoms with E-state index in [2.05, 4.69) is 10.6 Å². The van der Waals surface area contributed by atoms with Gasteiger partial charge in [0, 0.05) is 25.1 Å². The van der Waals surface area contributed by atoms with E-state index in [0.717, 1.165) is 18.9 Å². The molecule has 4 nitrogen and oxygen atoms in total. The van der Waals surface area contributed by atoms with Crippen LogP contribution in [0.25, 0.3) is 0 Å². The molecule has 0 radical (unpaired) electrons. The van der Waals surface area contributed by atoms with Gasteiger partial charge in [0.1, 0.15) is 0 Å². The molecule has 2 heterocycles. The lowest BCUT2D eigenvalue weighted by Crippen LogP contribution is -2.65. The number of hydrogen-bond acceptors (Lipinski definition) is 4. The molecule has 0 bridgehead atoms. The van der Waals surface area contributed by atoms with Crippen molar-refractivity contribution in [3.63, 3.8) is 0 Å². The minimum absolute atomic E-state index is 0.368. The summed E-state index contributed by atoms with van der Waals surface area (Å²) in [5.74, 6) is 1.38. The van der Waals surface area contributed by atoms with Crippen LogP contribution in [-0.4, -0.2) is 38.0 Å². The quantitative estimate of drug-likeness (QED) is 0.704. The highest BCUT2D eigenvalue weighted by Crippen LogP contribution is 2.34. The molecule has 4 N–H and O–H groups in total. The Labute approximate surface area is 116 Å². The molecule has 3 fully saturated rings. The lowest BCUT2D eigenvalue weighted by molar-refractivity contribution is 0.0260. The first-order chi connectivity index (χ1) is 9.28. The largest absolute Gasteiger partial charge is 0.381 e. The molecule has 0 amide bonds. The van der Waals surface area contributed by atoms with Crippen molar-refractivity contribution in [2.24, 2.45) is 17.6 Å². The predicted molar refractivity (Wildman–Crippen MR) is 76.8 cm³/mol. The highest BCUT2D eigenvalue weighted by molar-refractivity contribution is 4.98. The van der Waals surface area contributed by atoms with E-state index >= 15 is 0 Å². The van der Waals surface area contributed by atoms with Gasteiger partial charge in [0.05, 0.1) is 12.3 Å². The molecule has 2 aliphatic heterocycles. The molecular formula is C15H29N3O. The van der Waals surface area contributed by atoms with Crippen LogP contribution in [0, 0.1) is 11.8 Å². The molecule has 6 atom stereocenters. The SMILES string of the molecule is COC1CCCC(C2CC(N)C3CCCNC3N2)C1. The van der Waals surface area contributed by atoms with E-state index in [1.807, 2.05) is 7.11 Å². The maximum absolute atomic E-state index is 6.44. The van der Waals surface area contributed by atoms with Gasteiger partial charge in [0.2, 0.25) is 0 Å². The van der Waals surface area contributed by atoms with Gasteiger partial charge in [-0.25, -0.2) is 0 Å². The van der Waals surface area contributed by atoms with Crippen molar-refractivity contribution in [2.75, 3.05) is 13.7 Å². The number of methoxy groups -OCH3 is 1. The van der Waals surface area contributed by atoms with Crippen molar-refractivity contribution in [3.05, 3.63) is 0 Å². The van der Waals surface area contributed by atoms with Gasteiger partial charge in [0.25, 0.3) is 0 Å². The third-order valence-corrected chi connectivity index (χ3v) is 5.55. The van der Waals surface area contributed by atoms with E-state index in [-0.39, 0.29) is 0 Å². The Morgan fingerprint density at radius 2 is 2.00 bits per heavy atom. The lowest BCUT2D eigenvalue weighted by atomic mass is 9.74. The Morgan fingerprint density at radius 3 is 2.84 bits per heavy atom. The Hall–Kier alpha value is -0.160. The number of ether oxygens (including phenoxy) is 1. The first-order valence-corrected chi connectivity index (χ1v) is 8.05. The number of nitrogens with two attached hydrogens (primary N) is 1. The van der Waals surface area contributed by atoms with Gasteiger partial charge >= 0.3 is 0 Å². The van der Waals surface area contributed by atoms with Crippen LogP contribution in [0.15, 0.2) is 0 Å². The van der Waals surface area contributed by atoms with Crippen molar-refractivity contribution < 1.29 is 4.74 Å². The van der Waals surface area contributed by atoms with Crippen molar-refractivity contribution >= 4 is 0 Å². The first-order valence-electron chi connectivity index (χ1n) is 8.05. The second kappa shape index (κ2) is 6.08. The van der Waals surface area contributed by atoms with Crippen molar-refractivity contribution in [1.82, 2.24) is 10.6 Å². The second-order valence-corrected chi connectivity index (χ2v) is 6.69. The second-order valence-electron chi connectivity index (χ2n) is 6.69. The molecule has 1 aliphatic carbocycles. The topological polar surface area (TPSA) is 59.3 Å². The summed E-state index contributed by atoms with van der Waals surface area (Å²) < 4.78 is 5.57. The zero-order chi connectivity index (χ0) is 13.2. The van der Waals surface area contributed by atoms with E-state index in [4.69, 9.17) is 10.5 Å². The third kappa shape index (κ3) is 2.97. The normalized spacial score (nSPS) is 47.7. The van der Waals surface area contributed by atoms with E-state index in [9.17, 15) is 0 Å². The molecule has 6 unspecified atom stereocenters. The van der Waals surface area contributed by atoms with E-state index < -0.39 is 0 Å². The molecule has 0 aromatic rings. The van der Waals surface area contributed by atoms with E-state index in [1.165, 1.54) is 38.5 Å². The lowest BCUT2D eigenvalue weighted by Gasteiger charge is -2.47. The summed E-state index contributed by atoms with van der Waals surface area (Å²) in [5.41, 5.74) is 6.44.